The van der Waals surface area contributed by atoms with E-state index in [-0.39, 0.29) is 11.6 Å². The molecule has 0 amide bonds. The van der Waals surface area contributed by atoms with Gasteiger partial charge in [-0.3, -0.25) is 4.79 Å². The van der Waals surface area contributed by atoms with Crippen LogP contribution in [0.1, 0.15) is 29.8 Å². The molecule has 0 aliphatic heterocycles. The first kappa shape index (κ1) is 14.5. The molecule has 20 heavy (non-hydrogen) atoms. The van der Waals surface area contributed by atoms with E-state index in [4.69, 9.17) is 0 Å². The van der Waals surface area contributed by atoms with E-state index >= 15 is 0 Å². The van der Waals surface area contributed by atoms with Crippen molar-refractivity contribution in [1.29, 1.82) is 0 Å². The molecule has 1 unspecified atom stereocenters. The Hall–Kier alpha value is -1.87. The molecule has 0 aliphatic carbocycles. The number of nitrogens with zero attached hydrogens (tertiary/aromatic N) is 1. The summed E-state index contributed by atoms with van der Waals surface area (Å²) in [5.41, 5.74) is 3.56. The molecular formula is C17H22N2O. The van der Waals surface area contributed by atoms with Crippen LogP contribution in [0.4, 0.5) is 0 Å². The van der Waals surface area contributed by atoms with Crippen LogP contribution in [0.25, 0.3) is 0 Å². The minimum atomic E-state index is 0.0569. The number of benzene rings is 1. The number of pyridine rings is 1. The SMILES string of the molecule is CCNC(Cn1c(C)cccc1=O)c1ccccc1C. The summed E-state index contributed by atoms with van der Waals surface area (Å²) in [7, 11) is 0. The average Bonchev–Trinajstić information content (AvgIpc) is 2.43. The first-order valence-corrected chi connectivity index (χ1v) is 7.09. The van der Waals surface area contributed by atoms with Crippen molar-refractivity contribution in [1.82, 2.24) is 9.88 Å². The summed E-state index contributed by atoms with van der Waals surface area (Å²) in [6.45, 7) is 7.71. The van der Waals surface area contributed by atoms with Crippen molar-refractivity contribution in [3.8, 4) is 0 Å². The fourth-order valence-corrected chi connectivity index (χ4v) is 2.54. The van der Waals surface area contributed by atoms with E-state index in [0.29, 0.717) is 6.54 Å². The second-order valence-corrected chi connectivity index (χ2v) is 5.08. The molecule has 0 saturated carbocycles. The smallest absolute Gasteiger partial charge is 0.250 e. The molecule has 1 atom stereocenters. The Kier molecular flexibility index (Phi) is 4.74. The van der Waals surface area contributed by atoms with Gasteiger partial charge in [-0.15, -0.1) is 0 Å². The third-order valence-electron chi connectivity index (χ3n) is 3.65. The van der Waals surface area contributed by atoms with E-state index in [9.17, 15) is 4.79 Å². The second-order valence-electron chi connectivity index (χ2n) is 5.08. The normalized spacial score (nSPS) is 12.3. The number of aromatic nitrogens is 1. The highest BCUT2D eigenvalue weighted by Crippen LogP contribution is 2.19. The molecule has 0 bridgehead atoms. The standard InChI is InChI=1S/C17H22N2O/c1-4-18-16(15-10-6-5-8-13(15)2)12-19-14(3)9-7-11-17(19)20/h5-11,16,18H,4,12H2,1-3H3. The largest absolute Gasteiger partial charge is 0.311 e. The number of rotatable bonds is 5. The van der Waals surface area contributed by atoms with Crippen molar-refractivity contribution in [3.05, 3.63) is 69.6 Å². The topological polar surface area (TPSA) is 34.0 Å². The molecule has 2 rings (SSSR count). The van der Waals surface area contributed by atoms with Gasteiger partial charge in [-0.2, -0.15) is 0 Å². The lowest BCUT2D eigenvalue weighted by atomic mass is 10.0. The maximum absolute atomic E-state index is 12.0. The van der Waals surface area contributed by atoms with E-state index in [1.165, 1.54) is 11.1 Å². The van der Waals surface area contributed by atoms with Gasteiger partial charge in [-0.1, -0.05) is 37.3 Å². The minimum Gasteiger partial charge on any atom is -0.311 e. The zero-order valence-corrected chi connectivity index (χ0v) is 12.4. The van der Waals surface area contributed by atoms with Crippen molar-refractivity contribution >= 4 is 0 Å². The van der Waals surface area contributed by atoms with E-state index in [2.05, 4.69) is 31.3 Å². The maximum Gasteiger partial charge on any atom is 0.250 e. The van der Waals surface area contributed by atoms with Crippen molar-refractivity contribution in [2.45, 2.75) is 33.4 Å². The van der Waals surface area contributed by atoms with Crippen LogP contribution in [-0.2, 0) is 6.54 Å². The van der Waals surface area contributed by atoms with E-state index in [1.54, 1.807) is 6.07 Å². The number of hydrogen-bond acceptors (Lipinski definition) is 2. The fourth-order valence-electron chi connectivity index (χ4n) is 2.54. The predicted molar refractivity (Wildman–Crippen MR) is 83.0 cm³/mol. The first-order valence-electron chi connectivity index (χ1n) is 7.09. The van der Waals surface area contributed by atoms with Crippen LogP contribution >= 0.6 is 0 Å². The van der Waals surface area contributed by atoms with Gasteiger partial charge in [0.1, 0.15) is 0 Å². The number of aryl methyl sites for hydroxylation is 2. The fraction of sp³-hybridized carbons (Fsp3) is 0.353. The molecule has 0 saturated heterocycles. The molecule has 3 heteroatoms. The van der Waals surface area contributed by atoms with Gasteiger partial charge in [0.25, 0.3) is 5.56 Å². The molecule has 0 spiro atoms. The molecule has 0 radical (unpaired) electrons. The third kappa shape index (κ3) is 3.17. The van der Waals surface area contributed by atoms with Gasteiger partial charge in [-0.05, 0) is 37.6 Å². The molecule has 0 fully saturated rings. The Labute approximate surface area is 120 Å². The Bertz CT molecular complexity index is 631. The van der Waals surface area contributed by atoms with Gasteiger partial charge < -0.3 is 9.88 Å². The summed E-state index contributed by atoms with van der Waals surface area (Å²) in [6, 6.07) is 13.9. The lowest BCUT2D eigenvalue weighted by molar-refractivity contribution is 0.460. The Balaban J connectivity index is 2.36. The lowest BCUT2D eigenvalue weighted by Crippen LogP contribution is -2.31. The third-order valence-corrected chi connectivity index (χ3v) is 3.65. The number of likely N-dealkylation sites (N-methyl/N-ethyl adjacent to an activating group) is 1. The van der Waals surface area contributed by atoms with Crippen LogP contribution in [0.2, 0.25) is 0 Å². The number of hydrogen-bond donors (Lipinski definition) is 1. The summed E-state index contributed by atoms with van der Waals surface area (Å²) < 4.78 is 1.83. The van der Waals surface area contributed by atoms with Gasteiger partial charge in [0.05, 0.1) is 6.04 Å². The van der Waals surface area contributed by atoms with Gasteiger partial charge in [0, 0.05) is 18.3 Å². The molecule has 3 nitrogen and oxygen atoms in total. The highest BCUT2D eigenvalue weighted by Gasteiger charge is 2.14. The van der Waals surface area contributed by atoms with Crippen LogP contribution in [0.15, 0.2) is 47.3 Å². The monoisotopic (exact) mass is 270 g/mol. The van der Waals surface area contributed by atoms with Crippen LogP contribution < -0.4 is 10.9 Å². The lowest BCUT2D eigenvalue weighted by Gasteiger charge is -2.22. The zero-order chi connectivity index (χ0) is 14.5. The van der Waals surface area contributed by atoms with E-state index < -0.39 is 0 Å². The summed E-state index contributed by atoms with van der Waals surface area (Å²) in [6.07, 6.45) is 0. The molecule has 1 N–H and O–H groups in total. The van der Waals surface area contributed by atoms with E-state index in [1.807, 2.05) is 35.8 Å². The summed E-state index contributed by atoms with van der Waals surface area (Å²) >= 11 is 0. The van der Waals surface area contributed by atoms with Gasteiger partial charge in [-0.25, -0.2) is 0 Å². The van der Waals surface area contributed by atoms with Crippen LogP contribution in [-0.4, -0.2) is 11.1 Å². The molecule has 1 aromatic carbocycles. The van der Waals surface area contributed by atoms with Crippen molar-refractivity contribution in [2.24, 2.45) is 0 Å². The van der Waals surface area contributed by atoms with Gasteiger partial charge in [0.2, 0.25) is 0 Å². The Morgan fingerprint density at radius 2 is 1.85 bits per heavy atom. The Morgan fingerprint density at radius 1 is 1.10 bits per heavy atom. The highest BCUT2D eigenvalue weighted by molar-refractivity contribution is 5.28. The van der Waals surface area contributed by atoms with Crippen molar-refractivity contribution in [3.63, 3.8) is 0 Å². The quantitative estimate of drug-likeness (QED) is 0.906. The summed E-state index contributed by atoms with van der Waals surface area (Å²) in [5.74, 6) is 0. The first-order chi connectivity index (χ1) is 9.63. The van der Waals surface area contributed by atoms with Gasteiger partial charge >= 0.3 is 0 Å². The van der Waals surface area contributed by atoms with Crippen molar-refractivity contribution < 1.29 is 0 Å². The maximum atomic E-state index is 12.0. The van der Waals surface area contributed by atoms with Gasteiger partial charge in [0.15, 0.2) is 0 Å². The number of nitrogens with one attached hydrogen (secondary N) is 1. The molecule has 0 aliphatic rings. The molecular weight excluding hydrogens is 248 g/mol. The average molecular weight is 270 g/mol. The predicted octanol–water partition coefficient (Wildman–Crippen LogP) is 2.82. The zero-order valence-electron chi connectivity index (χ0n) is 12.4. The summed E-state index contributed by atoms with van der Waals surface area (Å²) in [4.78, 5) is 12.0. The molecule has 106 valence electrons. The molecule has 1 heterocycles. The minimum absolute atomic E-state index is 0.0569. The van der Waals surface area contributed by atoms with Crippen molar-refractivity contribution in [2.75, 3.05) is 6.54 Å². The second kappa shape index (κ2) is 6.53. The Morgan fingerprint density at radius 3 is 2.50 bits per heavy atom. The highest BCUT2D eigenvalue weighted by atomic mass is 16.1. The molecule has 2 aromatic rings. The summed E-state index contributed by atoms with van der Waals surface area (Å²) in [5, 5.41) is 3.48. The molecule has 1 aromatic heterocycles. The van der Waals surface area contributed by atoms with E-state index in [0.717, 1.165) is 12.2 Å². The van der Waals surface area contributed by atoms with Crippen LogP contribution in [0.3, 0.4) is 0 Å². The van der Waals surface area contributed by atoms with Crippen LogP contribution in [0.5, 0.6) is 0 Å². The van der Waals surface area contributed by atoms with Crippen LogP contribution in [0, 0.1) is 13.8 Å².